The van der Waals surface area contributed by atoms with Crippen LogP contribution in [0.4, 0.5) is 4.79 Å². The average molecular weight is 505 g/mol. The van der Waals surface area contributed by atoms with Crippen molar-refractivity contribution in [1.82, 2.24) is 9.80 Å². The molecule has 0 unspecified atom stereocenters. The molecule has 2 aromatic rings. The van der Waals surface area contributed by atoms with E-state index in [9.17, 15) is 4.79 Å². The summed E-state index contributed by atoms with van der Waals surface area (Å²) in [6, 6.07) is 14.1. The zero-order chi connectivity index (χ0) is 23.3. The number of hydrogen-bond donors (Lipinski definition) is 0. The van der Waals surface area contributed by atoms with Gasteiger partial charge in [-0.2, -0.15) is 0 Å². The Kier molecular flexibility index (Phi) is 8.06. The number of carbonyl (C=O) groups is 1. The molecule has 1 saturated heterocycles. The highest BCUT2D eigenvalue weighted by molar-refractivity contribution is 9.10. The second kappa shape index (κ2) is 10.6. The molecule has 2 aromatic carbocycles. The maximum absolute atomic E-state index is 12.5. The first-order chi connectivity index (χ1) is 15.2. The highest BCUT2D eigenvalue weighted by Gasteiger charge is 2.31. The van der Waals surface area contributed by atoms with Crippen molar-refractivity contribution < 1.29 is 19.0 Å². The Bertz CT molecular complexity index is 914. The van der Waals surface area contributed by atoms with Crippen molar-refractivity contribution in [2.75, 3.05) is 26.7 Å². The van der Waals surface area contributed by atoms with Gasteiger partial charge in [0, 0.05) is 32.2 Å². The Balaban J connectivity index is 1.67. The number of piperazine rings is 1. The van der Waals surface area contributed by atoms with Gasteiger partial charge in [0.2, 0.25) is 0 Å². The van der Waals surface area contributed by atoms with E-state index in [0.29, 0.717) is 24.7 Å². The van der Waals surface area contributed by atoms with E-state index in [1.807, 2.05) is 62.1 Å². The quantitative estimate of drug-likeness (QED) is 0.521. The molecule has 0 saturated carbocycles. The summed E-state index contributed by atoms with van der Waals surface area (Å²) < 4.78 is 18.1. The number of amides is 1. The van der Waals surface area contributed by atoms with Crippen molar-refractivity contribution in [3.05, 3.63) is 58.1 Å². The van der Waals surface area contributed by atoms with Crippen LogP contribution in [0.25, 0.3) is 0 Å². The fourth-order valence-electron chi connectivity index (χ4n) is 3.74. The molecule has 1 fully saturated rings. The summed E-state index contributed by atoms with van der Waals surface area (Å²) in [5, 5.41) is 0. The number of methoxy groups -OCH3 is 1. The molecule has 0 bridgehead atoms. The van der Waals surface area contributed by atoms with E-state index >= 15 is 0 Å². The first-order valence-electron chi connectivity index (χ1n) is 10.9. The van der Waals surface area contributed by atoms with Crippen LogP contribution in [-0.2, 0) is 17.9 Å². The first kappa shape index (κ1) is 24.4. The van der Waals surface area contributed by atoms with Crippen LogP contribution in [0, 0.1) is 0 Å². The van der Waals surface area contributed by atoms with Crippen molar-refractivity contribution in [1.29, 1.82) is 0 Å². The van der Waals surface area contributed by atoms with Gasteiger partial charge in [0.25, 0.3) is 0 Å². The standard InChI is InChI=1S/C25H33BrN2O4/c1-18-15-27(13-14-28(18)24(29)32-25(2,3)4)16-20-11-12-21(30-5)23(22(20)26)31-17-19-9-7-6-8-10-19/h6-12,18H,13-17H2,1-5H3/t18-/m0/s1. The summed E-state index contributed by atoms with van der Waals surface area (Å²) >= 11 is 3.74. The van der Waals surface area contributed by atoms with Crippen LogP contribution in [0.5, 0.6) is 11.5 Å². The van der Waals surface area contributed by atoms with Crippen LogP contribution in [0.2, 0.25) is 0 Å². The molecule has 174 valence electrons. The van der Waals surface area contributed by atoms with Crippen LogP contribution in [0.3, 0.4) is 0 Å². The lowest BCUT2D eigenvalue weighted by Crippen LogP contribution is -2.54. The van der Waals surface area contributed by atoms with E-state index < -0.39 is 5.60 Å². The second-order valence-corrected chi connectivity index (χ2v) is 9.90. The molecule has 3 rings (SSSR count). The van der Waals surface area contributed by atoms with E-state index in [-0.39, 0.29) is 12.1 Å². The number of nitrogens with zero attached hydrogens (tertiary/aromatic N) is 2. The van der Waals surface area contributed by atoms with Gasteiger partial charge < -0.3 is 19.1 Å². The molecule has 0 N–H and O–H groups in total. The van der Waals surface area contributed by atoms with Crippen molar-refractivity contribution in [3.8, 4) is 11.5 Å². The molecule has 0 radical (unpaired) electrons. The fraction of sp³-hybridized carbons (Fsp3) is 0.480. The smallest absolute Gasteiger partial charge is 0.410 e. The lowest BCUT2D eigenvalue weighted by Gasteiger charge is -2.40. The average Bonchev–Trinajstić information content (AvgIpc) is 2.73. The number of benzene rings is 2. The summed E-state index contributed by atoms with van der Waals surface area (Å²) in [7, 11) is 1.65. The Morgan fingerprint density at radius 1 is 1.12 bits per heavy atom. The minimum Gasteiger partial charge on any atom is -0.493 e. The minimum absolute atomic E-state index is 0.0735. The molecule has 1 aliphatic heterocycles. The molecular weight excluding hydrogens is 472 g/mol. The Labute approximate surface area is 199 Å². The van der Waals surface area contributed by atoms with Gasteiger partial charge in [-0.15, -0.1) is 0 Å². The predicted molar refractivity (Wildman–Crippen MR) is 129 cm³/mol. The highest BCUT2D eigenvalue weighted by atomic mass is 79.9. The van der Waals surface area contributed by atoms with Gasteiger partial charge in [-0.05, 0) is 60.8 Å². The van der Waals surface area contributed by atoms with Gasteiger partial charge in [-0.3, -0.25) is 4.90 Å². The number of rotatable bonds is 6. The highest BCUT2D eigenvalue weighted by Crippen LogP contribution is 2.39. The molecule has 6 nitrogen and oxygen atoms in total. The first-order valence-corrected chi connectivity index (χ1v) is 11.7. The van der Waals surface area contributed by atoms with E-state index in [0.717, 1.165) is 35.2 Å². The summed E-state index contributed by atoms with van der Waals surface area (Å²) in [4.78, 5) is 16.7. The van der Waals surface area contributed by atoms with E-state index in [2.05, 4.69) is 33.8 Å². The zero-order valence-electron chi connectivity index (χ0n) is 19.6. The molecule has 0 aromatic heterocycles. The Morgan fingerprint density at radius 3 is 2.47 bits per heavy atom. The molecular formula is C25H33BrN2O4. The van der Waals surface area contributed by atoms with Gasteiger partial charge in [0.1, 0.15) is 12.2 Å². The number of hydrogen-bond acceptors (Lipinski definition) is 5. The summed E-state index contributed by atoms with van der Waals surface area (Å²) in [5.74, 6) is 1.40. The molecule has 1 amide bonds. The van der Waals surface area contributed by atoms with E-state index in [4.69, 9.17) is 14.2 Å². The summed E-state index contributed by atoms with van der Waals surface area (Å²) in [6.45, 7) is 11.2. The summed E-state index contributed by atoms with van der Waals surface area (Å²) in [5.41, 5.74) is 1.73. The number of halogens is 1. The maximum atomic E-state index is 12.5. The van der Waals surface area contributed by atoms with Crippen LogP contribution in [0.1, 0.15) is 38.8 Å². The molecule has 1 heterocycles. The minimum atomic E-state index is -0.488. The normalized spacial score (nSPS) is 17.2. The van der Waals surface area contributed by atoms with Gasteiger partial charge >= 0.3 is 6.09 Å². The third kappa shape index (κ3) is 6.39. The Hall–Kier alpha value is -2.25. The predicted octanol–water partition coefficient (Wildman–Crippen LogP) is 5.48. The third-order valence-electron chi connectivity index (χ3n) is 5.32. The van der Waals surface area contributed by atoms with Crippen LogP contribution < -0.4 is 9.47 Å². The zero-order valence-corrected chi connectivity index (χ0v) is 21.1. The largest absolute Gasteiger partial charge is 0.493 e. The molecule has 0 aliphatic carbocycles. The molecule has 1 atom stereocenters. The van der Waals surface area contributed by atoms with E-state index in [1.165, 1.54) is 0 Å². The third-order valence-corrected chi connectivity index (χ3v) is 6.19. The van der Waals surface area contributed by atoms with Crippen molar-refractivity contribution >= 4 is 22.0 Å². The number of ether oxygens (including phenoxy) is 3. The molecule has 1 aliphatic rings. The van der Waals surface area contributed by atoms with Crippen molar-refractivity contribution in [3.63, 3.8) is 0 Å². The van der Waals surface area contributed by atoms with E-state index in [1.54, 1.807) is 7.11 Å². The van der Waals surface area contributed by atoms with Gasteiger partial charge in [0.05, 0.1) is 11.6 Å². The summed E-state index contributed by atoms with van der Waals surface area (Å²) in [6.07, 6.45) is -0.244. The number of carbonyl (C=O) groups excluding carboxylic acids is 1. The van der Waals surface area contributed by atoms with Gasteiger partial charge in [0.15, 0.2) is 11.5 Å². The van der Waals surface area contributed by atoms with Crippen LogP contribution in [0.15, 0.2) is 46.9 Å². The molecule has 0 spiro atoms. The second-order valence-electron chi connectivity index (χ2n) is 9.10. The van der Waals surface area contributed by atoms with Gasteiger partial charge in [-0.25, -0.2) is 4.79 Å². The van der Waals surface area contributed by atoms with Crippen LogP contribution in [-0.4, -0.2) is 54.3 Å². The maximum Gasteiger partial charge on any atom is 0.410 e. The fourth-order valence-corrected chi connectivity index (χ4v) is 4.30. The monoisotopic (exact) mass is 504 g/mol. The van der Waals surface area contributed by atoms with Gasteiger partial charge in [-0.1, -0.05) is 36.4 Å². The van der Waals surface area contributed by atoms with Crippen molar-refractivity contribution in [2.24, 2.45) is 0 Å². The van der Waals surface area contributed by atoms with Crippen molar-refractivity contribution in [2.45, 2.75) is 52.5 Å². The SMILES string of the molecule is COc1ccc(CN2CCN(C(=O)OC(C)(C)C)[C@@H](C)C2)c(Br)c1OCc1ccccc1. The van der Waals surface area contributed by atoms with Crippen LogP contribution >= 0.6 is 15.9 Å². The topological polar surface area (TPSA) is 51.2 Å². The Morgan fingerprint density at radius 2 is 1.84 bits per heavy atom. The lowest BCUT2D eigenvalue weighted by molar-refractivity contribution is 0.000531. The lowest BCUT2D eigenvalue weighted by atomic mass is 10.1. The molecule has 32 heavy (non-hydrogen) atoms. The molecule has 7 heteroatoms.